The molecule has 2 aromatic heterocycles. The van der Waals surface area contributed by atoms with Gasteiger partial charge in [0.25, 0.3) is 0 Å². The molecule has 0 bridgehead atoms. The number of nitrogens with zero attached hydrogens (tertiary/aromatic N) is 2. The molecule has 3 rings (SSSR count). The number of fused-ring (bicyclic) bond motifs is 1. The lowest BCUT2D eigenvalue weighted by molar-refractivity contribution is -0.127. The summed E-state index contributed by atoms with van der Waals surface area (Å²) in [5.41, 5.74) is 3.11. The van der Waals surface area contributed by atoms with Crippen LogP contribution in [0.4, 0.5) is 0 Å². The van der Waals surface area contributed by atoms with Gasteiger partial charge in [0.2, 0.25) is 5.91 Å². The van der Waals surface area contributed by atoms with Gasteiger partial charge in [-0.05, 0) is 52.4 Å². The molecule has 0 saturated heterocycles. The van der Waals surface area contributed by atoms with Crippen LogP contribution in [0.3, 0.4) is 0 Å². The largest absolute Gasteiger partial charge is 0.359 e. The molecule has 2 aromatic rings. The molecule has 104 valence electrons. The third-order valence-corrected chi connectivity index (χ3v) is 5.13. The van der Waals surface area contributed by atoms with Crippen molar-refractivity contribution < 1.29 is 9.32 Å². The van der Waals surface area contributed by atoms with Gasteiger partial charge in [-0.1, -0.05) is 5.16 Å². The minimum Gasteiger partial charge on any atom is -0.359 e. The molecule has 1 amide bonds. The van der Waals surface area contributed by atoms with Crippen LogP contribution in [0.15, 0.2) is 25.8 Å². The van der Waals surface area contributed by atoms with E-state index in [0.29, 0.717) is 13.1 Å². The SMILES string of the molecule is Cc1noc2c1CCN(C(=O)/C=C/c1ccsc1Br)C2. The van der Waals surface area contributed by atoms with Gasteiger partial charge in [0.1, 0.15) is 0 Å². The van der Waals surface area contributed by atoms with Crippen LogP contribution in [0.1, 0.15) is 22.6 Å². The number of aromatic nitrogens is 1. The predicted octanol–water partition coefficient (Wildman–Crippen LogP) is 3.41. The van der Waals surface area contributed by atoms with Crippen molar-refractivity contribution in [2.24, 2.45) is 0 Å². The third kappa shape index (κ3) is 2.58. The fraction of sp³-hybridized carbons (Fsp3) is 0.286. The normalized spacial score (nSPS) is 14.8. The van der Waals surface area contributed by atoms with Gasteiger partial charge in [0, 0.05) is 18.2 Å². The van der Waals surface area contributed by atoms with Gasteiger partial charge in [-0.3, -0.25) is 4.79 Å². The first-order chi connectivity index (χ1) is 9.65. The predicted molar refractivity (Wildman–Crippen MR) is 81.4 cm³/mol. The van der Waals surface area contributed by atoms with E-state index in [1.165, 1.54) is 0 Å². The number of halogens is 1. The highest BCUT2D eigenvalue weighted by Gasteiger charge is 2.24. The number of aryl methyl sites for hydroxylation is 1. The first kappa shape index (κ1) is 13.6. The zero-order valence-electron chi connectivity index (χ0n) is 10.9. The maximum absolute atomic E-state index is 12.2. The van der Waals surface area contributed by atoms with Crippen LogP contribution in [-0.2, 0) is 17.8 Å². The Hall–Kier alpha value is -1.40. The highest BCUT2D eigenvalue weighted by Crippen LogP contribution is 2.25. The summed E-state index contributed by atoms with van der Waals surface area (Å²) in [4.78, 5) is 14.0. The molecule has 0 aromatic carbocycles. The lowest BCUT2D eigenvalue weighted by Crippen LogP contribution is -2.34. The van der Waals surface area contributed by atoms with E-state index >= 15 is 0 Å². The van der Waals surface area contributed by atoms with Gasteiger partial charge >= 0.3 is 0 Å². The molecule has 6 heteroatoms. The number of hydrogen-bond donors (Lipinski definition) is 0. The Morgan fingerprint density at radius 2 is 2.45 bits per heavy atom. The zero-order chi connectivity index (χ0) is 14.1. The smallest absolute Gasteiger partial charge is 0.246 e. The van der Waals surface area contributed by atoms with Crippen LogP contribution in [0, 0.1) is 6.92 Å². The Balaban J connectivity index is 1.70. The number of carbonyl (C=O) groups excluding carboxylic acids is 1. The molecule has 0 atom stereocenters. The van der Waals surface area contributed by atoms with E-state index in [9.17, 15) is 4.79 Å². The Morgan fingerprint density at radius 1 is 1.60 bits per heavy atom. The standard InChI is InChI=1S/C14H13BrN2O2S/c1-9-11-4-6-17(8-12(11)19-16-9)13(18)3-2-10-5-7-20-14(10)15/h2-3,5,7H,4,6,8H2,1H3/b3-2+. The molecule has 0 radical (unpaired) electrons. The van der Waals surface area contributed by atoms with E-state index in [1.807, 2.05) is 24.4 Å². The lowest BCUT2D eigenvalue weighted by Gasteiger charge is -2.24. The van der Waals surface area contributed by atoms with E-state index in [0.717, 1.165) is 32.8 Å². The van der Waals surface area contributed by atoms with Crippen LogP contribution < -0.4 is 0 Å². The fourth-order valence-electron chi connectivity index (χ4n) is 2.26. The van der Waals surface area contributed by atoms with Crippen LogP contribution >= 0.6 is 27.3 Å². The van der Waals surface area contributed by atoms with Crippen LogP contribution in [0.2, 0.25) is 0 Å². The highest BCUT2D eigenvalue weighted by atomic mass is 79.9. The van der Waals surface area contributed by atoms with E-state index in [2.05, 4.69) is 21.1 Å². The minimum atomic E-state index is 0.00260. The maximum Gasteiger partial charge on any atom is 0.246 e. The summed E-state index contributed by atoms with van der Waals surface area (Å²) < 4.78 is 6.30. The van der Waals surface area contributed by atoms with Gasteiger partial charge in [0.15, 0.2) is 5.76 Å². The second-order valence-corrected chi connectivity index (χ2v) is 6.90. The summed E-state index contributed by atoms with van der Waals surface area (Å²) in [7, 11) is 0. The summed E-state index contributed by atoms with van der Waals surface area (Å²) >= 11 is 5.06. The summed E-state index contributed by atoms with van der Waals surface area (Å²) in [5, 5.41) is 5.94. The summed E-state index contributed by atoms with van der Waals surface area (Å²) in [5.74, 6) is 0.815. The average molecular weight is 353 g/mol. The van der Waals surface area contributed by atoms with Gasteiger partial charge in [-0.2, -0.15) is 0 Å². The summed E-state index contributed by atoms with van der Waals surface area (Å²) in [6.07, 6.45) is 4.26. The maximum atomic E-state index is 12.2. The second kappa shape index (κ2) is 5.54. The summed E-state index contributed by atoms with van der Waals surface area (Å²) in [6, 6.07) is 1.98. The monoisotopic (exact) mass is 352 g/mol. The third-order valence-electron chi connectivity index (χ3n) is 3.40. The average Bonchev–Trinajstić information content (AvgIpc) is 3.02. The molecule has 0 N–H and O–H groups in total. The molecule has 0 saturated carbocycles. The summed E-state index contributed by atoms with van der Waals surface area (Å²) in [6.45, 7) is 3.15. The topological polar surface area (TPSA) is 46.3 Å². The van der Waals surface area contributed by atoms with Gasteiger partial charge in [0.05, 0.1) is 16.0 Å². The van der Waals surface area contributed by atoms with Crippen molar-refractivity contribution in [2.75, 3.05) is 6.54 Å². The Labute approximate surface area is 129 Å². The molecular weight excluding hydrogens is 340 g/mol. The molecule has 20 heavy (non-hydrogen) atoms. The van der Waals surface area contributed by atoms with Crippen LogP contribution in [0.25, 0.3) is 6.08 Å². The zero-order valence-corrected chi connectivity index (χ0v) is 13.3. The van der Waals surface area contributed by atoms with Gasteiger partial charge in [-0.15, -0.1) is 11.3 Å². The second-order valence-electron chi connectivity index (χ2n) is 4.66. The van der Waals surface area contributed by atoms with Gasteiger partial charge < -0.3 is 9.42 Å². The van der Waals surface area contributed by atoms with Crippen molar-refractivity contribution in [2.45, 2.75) is 19.9 Å². The Kier molecular flexibility index (Phi) is 3.76. The molecule has 1 aliphatic rings. The molecule has 1 aliphatic heterocycles. The molecule has 0 fully saturated rings. The first-order valence-electron chi connectivity index (χ1n) is 6.29. The highest BCUT2D eigenvalue weighted by molar-refractivity contribution is 9.11. The number of rotatable bonds is 2. The molecule has 3 heterocycles. The molecule has 0 unspecified atom stereocenters. The van der Waals surface area contributed by atoms with Crippen molar-refractivity contribution in [3.8, 4) is 0 Å². The number of hydrogen-bond acceptors (Lipinski definition) is 4. The lowest BCUT2D eigenvalue weighted by atomic mass is 10.1. The van der Waals surface area contributed by atoms with Crippen molar-refractivity contribution in [3.63, 3.8) is 0 Å². The van der Waals surface area contributed by atoms with Crippen LogP contribution in [-0.4, -0.2) is 22.5 Å². The number of amides is 1. The Morgan fingerprint density at radius 3 is 3.20 bits per heavy atom. The quantitative estimate of drug-likeness (QED) is 0.778. The molecule has 4 nitrogen and oxygen atoms in total. The van der Waals surface area contributed by atoms with Gasteiger partial charge in [-0.25, -0.2) is 0 Å². The number of thiophene rings is 1. The van der Waals surface area contributed by atoms with E-state index in [1.54, 1.807) is 22.3 Å². The Bertz CT molecular complexity index is 675. The van der Waals surface area contributed by atoms with Crippen molar-refractivity contribution >= 4 is 39.2 Å². The molecule has 0 spiro atoms. The minimum absolute atomic E-state index is 0.00260. The van der Waals surface area contributed by atoms with Crippen LogP contribution in [0.5, 0.6) is 0 Å². The molecule has 0 aliphatic carbocycles. The van der Waals surface area contributed by atoms with E-state index < -0.39 is 0 Å². The van der Waals surface area contributed by atoms with Crippen molar-refractivity contribution in [1.29, 1.82) is 0 Å². The molecular formula is C14H13BrN2O2S. The van der Waals surface area contributed by atoms with E-state index in [4.69, 9.17) is 4.52 Å². The number of carbonyl (C=O) groups is 1. The fourth-order valence-corrected chi connectivity index (χ4v) is 3.45. The van der Waals surface area contributed by atoms with E-state index in [-0.39, 0.29) is 5.91 Å². The van der Waals surface area contributed by atoms with Crippen molar-refractivity contribution in [3.05, 3.63) is 43.9 Å². The van der Waals surface area contributed by atoms with Crippen molar-refractivity contribution in [1.82, 2.24) is 10.1 Å². The first-order valence-corrected chi connectivity index (χ1v) is 7.96.